The first-order valence-corrected chi connectivity index (χ1v) is 13.9. The largest absolute Gasteiger partial charge is 0.484 e. The van der Waals surface area contributed by atoms with E-state index >= 15 is 0 Å². The van der Waals surface area contributed by atoms with Gasteiger partial charge in [0.1, 0.15) is 18.5 Å². The maximum atomic E-state index is 14.0. The van der Waals surface area contributed by atoms with E-state index in [0.717, 1.165) is 4.31 Å². The lowest BCUT2D eigenvalue weighted by Crippen LogP contribution is -2.48. The van der Waals surface area contributed by atoms with Crippen LogP contribution in [0.4, 0.5) is 29.3 Å². The van der Waals surface area contributed by atoms with Crippen molar-refractivity contribution < 1.29 is 50.5 Å². The Bertz CT molecular complexity index is 1380. The van der Waals surface area contributed by atoms with E-state index in [1.54, 1.807) is 13.8 Å². The molecule has 0 saturated carbocycles. The summed E-state index contributed by atoms with van der Waals surface area (Å²) < 4.78 is 85.7. The van der Waals surface area contributed by atoms with Crippen molar-refractivity contribution in [1.82, 2.24) is 15.1 Å². The molecule has 0 spiro atoms. The van der Waals surface area contributed by atoms with Crippen LogP contribution in [-0.4, -0.2) is 79.5 Å². The van der Waals surface area contributed by atoms with Gasteiger partial charge < -0.3 is 24.6 Å². The molecule has 1 aliphatic rings. The lowest BCUT2D eigenvalue weighted by molar-refractivity contribution is -0.242. The fourth-order valence-electron chi connectivity index (χ4n) is 3.58. The Labute approximate surface area is 234 Å². The predicted molar refractivity (Wildman–Crippen MR) is 140 cm³/mol. The Morgan fingerprint density at radius 3 is 2.54 bits per heavy atom. The molecular formula is C24H32F3N5O8S. The Balaban J connectivity index is 2.03. The summed E-state index contributed by atoms with van der Waals surface area (Å²) >= 11 is 0. The highest BCUT2D eigenvalue weighted by Gasteiger charge is 2.51. The number of aliphatic hydroxyl groups is 1. The third-order valence-corrected chi connectivity index (χ3v) is 7.60. The number of nitrogens with one attached hydrogen (secondary N) is 2. The van der Waals surface area contributed by atoms with Crippen molar-refractivity contribution in [3.63, 3.8) is 0 Å². The predicted octanol–water partition coefficient (Wildman–Crippen LogP) is 2.82. The molecule has 2 heterocycles. The van der Waals surface area contributed by atoms with Gasteiger partial charge in [0, 0.05) is 24.8 Å². The molecule has 0 saturated heterocycles. The fourth-order valence-corrected chi connectivity index (χ4v) is 5.14. The number of alkyl halides is 3. The van der Waals surface area contributed by atoms with E-state index in [9.17, 15) is 36.3 Å². The highest BCUT2D eigenvalue weighted by atomic mass is 32.2. The molecule has 228 valence electrons. The molecule has 41 heavy (non-hydrogen) atoms. The van der Waals surface area contributed by atoms with Crippen LogP contribution in [0.2, 0.25) is 0 Å². The molecule has 2 aromatic rings. The molecule has 0 radical (unpaired) electrons. The second-order valence-electron chi connectivity index (χ2n) is 9.86. The van der Waals surface area contributed by atoms with Crippen molar-refractivity contribution in [2.45, 2.75) is 63.4 Å². The second kappa shape index (κ2) is 12.0. The number of anilines is 2. The molecule has 1 unspecified atom stereocenters. The number of carbonyl (C=O) groups is 2. The van der Waals surface area contributed by atoms with Crippen molar-refractivity contribution in [1.29, 1.82) is 0 Å². The lowest BCUT2D eigenvalue weighted by Gasteiger charge is -2.35. The van der Waals surface area contributed by atoms with E-state index in [0.29, 0.717) is 13.8 Å². The van der Waals surface area contributed by atoms with Gasteiger partial charge in [0.05, 0.1) is 25.4 Å². The summed E-state index contributed by atoms with van der Waals surface area (Å²) in [5.74, 6) is -0.572. The number of aromatic nitrogens is 2. The van der Waals surface area contributed by atoms with Crippen LogP contribution in [0.5, 0.6) is 11.6 Å². The first-order chi connectivity index (χ1) is 19.0. The van der Waals surface area contributed by atoms with Crippen LogP contribution in [0, 0.1) is 0 Å². The van der Waals surface area contributed by atoms with E-state index in [1.165, 1.54) is 36.0 Å². The van der Waals surface area contributed by atoms with Crippen LogP contribution in [-0.2, 0) is 19.6 Å². The first-order valence-electron chi connectivity index (χ1n) is 12.4. The number of sulfonamides is 1. The summed E-state index contributed by atoms with van der Waals surface area (Å²) in [5.41, 5.74) is -2.92. The Morgan fingerprint density at radius 2 is 1.95 bits per heavy atom. The zero-order valence-corrected chi connectivity index (χ0v) is 23.8. The molecule has 13 nitrogen and oxygen atoms in total. The van der Waals surface area contributed by atoms with Gasteiger partial charge in [0.2, 0.25) is 11.5 Å². The maximum absolute atomic E-state index is 14.0. The summed E-state index contributed by atoms with van der Waals surface area (Å²) in [7, 11) is -4.46. The van der Waals surface area contributed by atoms with Gasteiger partial charge in [-0.05, 0) is 45.9 Å². The van der Waals surface area contributed by atoms with Gasteiger partial charge in [-0.1, -0.05) is 0 Å². The third-order valence-electron chi connectivity index (χ3n) is 5.84. The van der Waals surface area contributed by atoms with E-state index < -0.39 is 40.6 Å². The Hall–Kier alpha value is -3.73. The molecule has 1 atom stereocenters. The SMILES string of the molecule is CC(=O)NCC1CN(S(=O)(=O)c2cn(C(C)C)nc2OCCO)c2cc(NC(=O)OC(C)(C)C(F)(F)F)ccc2O1. The second-order valence-corrected chi connectivity index (χ2v) is 11.7. The van der Waals surface area contributed by atoms with Gasteiger partial charge in [-0.15, -0.1) is 5.10 Å². The number of carbonyl (C=O) groups excluding carboxylic acids is 2. The normalized spacial score (nSPS) is 15.7. The number of amides is 2. The van der Waals surface area contributed by atoms with E-state index in [4.69, 9.17) is 9.47 Å². The molecule has 3 rings (SSSR count). The number of ether oxygens (including phenoxy) is 3. The quantitative estimate of drug-likeness (QED) is 0.369. The summed E-state index contributed by atoms with van der Waals surface area (Å²) in [6.07, 6.45) is -5.82. The number of nitrogens with zero attached hydrogens (tertiary/aromatic N) is 3. The lowest BCUT2D eigenvalue weighted by atomic mass is 10.1. The Kier molecular flexibility index (Phi) is 9.32. The summed E-state index contributed by atoms with van der Waals surface area (Å²) in [6.45, 7) is 5.22. The van der Waals surface area contributed by atoms with Gasteiger partial charge in [-0.3, -0.25) is 19.1 Å². The zero-order valence-electron chi connectivity index (χ0n) is 23.0. The van der Waals surface area contributed by atoms with E-state index in [1.807, 2.05) is 0 Å². The van der Waals surface area contributed by atoms with Crippen molar-refractivity contribution in [3.8, 4) is 11.6 Å². The number of aliphatic hydroxyl groups excluding tert-OH is 1. The first kappa shape index (κ1) is 31.8. The molecule has 0 bridgehead atoms. The van der Waals surface area contributed by atoms with Crippen molar-refractivity contribution >= 4 is 33.4 Å². The Morgan fingerprint density at radius 1 is 1.27 bits per heavy atom. The molecule has 1 aromatic carbocycles. The minimum absolute atomic E-state index is 0.0429. The van der Waals surface area contributed by atoms with E-state index in [-0.39, 0.29) is 59.5 Å². The molecule has 1 aliphatic heterocycles. The molecule has 3 N–H and O–H groups in total. The summed E-state index contributed by atoms with van der Waals surface area (Å²) in [5, 5.41) is 18.1. The monoisotopic (exact) mass is 607 g/mol. The van der Waals surface area contributed by atoms with Crippen molar-refractivity contribution in [2.75, 3.05) is 35.9 Å². The number of benzene rings is 1. The van der Waals surface area contributed by atoms with Crippen molar-refractivity contribution in [2.24, 2.45) is 0 Å². The van der Waals surface area contributed by atoms with Gasteiger partial charge in [0.15, 0.2) is 4.90 Å². The molecular weight excluding hydrogens is 575 g/mol. The van der Waals surface area contributed by atoms with Crippen molar-refractivity contribution in [3.05, 3.63) is 24.4 Å². The number of rotatable bonds is 10. The average molecular weight is 608 g/mol. The highest BCUT2D eigenvalue weighted by molar-refractivity contribution is 7.93. The number of halogens is 3. The van der Waals surface area contributed by atoms with Crippen LogP contribution in [0.15, 0.2) is 29.3 Å². The van der Waals surface area contributed by atoms with Crippen LogP contribution in [0.1, 0.15) is 40.7 Å². The van der Waals surface area contributed by atoms with Crippen LogP contribution in [0.3, 0.4) is 0 Å². The molecule has 17 heteroatoms. The van der Waals surface area contributed by atoms with Gasteiger partial charge in [-0.25, -0.2) is 13.2 Å². The van der Waals surface area contributed by atoms with Crippen LogP contribution in [0.25, 0.3) is 0 Å². The summed E-state index contributed by atoms with van der Waals surface area (Å²) in [6, 6.07) is 3.56. The standard InChI is InChI=1S/C24H32F3N5O8S/c1-14(2)31-13-20(21(30-31)38-9-8-33)41(36,37)32-12-17(11-28-15(3)34)39-19-7-6-16(10-18(19)32)29-22(35)40-23(4,5)24(25,26)27/h6-7,10,13-14,17,33H,8-9,11-12H2,1-5H3,(H,28,34)(H,29,35). The minimum Gasteiger partial charge on any atom is -0.484 e. The number of fused-ring (bicyclic) bond motifs is 1. The van der Waals surface area contributed by atoms with Gasteiger partial charge in [0.25, 0.3) is 15.9 Å². The maximum Gasteiger partial charge on any atom is 0.427 e. The molecule has 0 fully saturated rings. The van der Waals surface area contributed by atoms with Crippen LogP contribution < -0.4 is 24.4 Å². The summed E-state index contributed by atoms with van der Waals surface area (Å²) in [4.78, 5) is 23.4. The average Bonchev–Trinajstić information content (AvgIpc) is 3.30. The van der Waals surface area contributed by atoms with Gasteiger partial charge in [-0.2, -0.15) is 13.2 Å². The fraction of sp³-hybridized carbons (Fsp3) is 0.542. The highest BCUT2D eigenvalue weighted by Crippen LogP contribution is 2.41. The third kappa shape index (κ3) is 7.32. The van der Waals surface area contributed by atoms with E-state index in [2.05, 4.69) is 20.5 Å². The molecule has 0 aliphatic carbocycles. The molecule has 1 aromatic heterocycles. The smallest absolute Gasteiger partial charge is 0.427 e. The number of hydrogen-bond acceptors (Lipinski definition) is 9. The number of hydrogen-bond donors (Lipinski definition) is 3. The zero-order chi connectivity index (χ0) is 30.8. The minimum atomic E-state index is -4.84. The molecule has 2 amide bonds. The topological polar surface area (TPSA) is 161 Å². The van der Waals surface area contributed by atoms with Gasteiger partial charge >= 0.3 is 12.3 Å². The van der Waals surface area contributed by atoms with Crippen LogP contribution >= 0.6 is 0 Å².